The van der Waals surface area contributed by atoms with Gasteiger partial charge in [0.1, 0.15) is 0 Å². The number of fused-ring (bicyclic) bond motifs is 2. The number of benzene rings is 1. The number of halogens is 4. The molecule has 4 atom stereocenters. The van der Waals surface area contributed by atoms with Gasteiger partial charge in [-0.15, -0.1) is 0 Å². The van der Waals surface area contributed by atoms with Gasteiger partial charge in [0, 0.05) is 0 Å². The van der Waals surface area contributed by atoms with Crippen LogP contribution in [0.5, 0.6) is 0 Å². The number of anilines is 1. The van der Waals surface area contributed by atoms with Gasteiger partial charge < -0.3 is 10.4 Å². The number of carbonyl (C=O) groups excluding carboxylic acids is 1. The van der Waals surface area contributed by atoms with Crippen molar-refractivity contribution in [3.05, 3.63) is 40.9 Å². The van der Waals surface area contributed by atoms with E-state index in [0.29, 0.717) is 6.42 Å². The molecular formula is C16H13ClF3NO3. The number of carbonyl (C=O) groups is 2. The van der Waals surface area contributed by atoms with Crippen molar-refractivity contribution in [3.8, 4) is 0 Å². The van der Waals surface area contributed by atoms with Crippen molar-refractivity contribution in [3.63, 3.8) is 0 Å². The number of carboxylic acid groups (broad SMARTS) is 1. The molecule has 0 heterocycles. The Hall–Kier alpha value is -2.02. The molecule has 128 valence electrons. The summed E-state index contributed by atoms with van der Waals surface area (Å²) in [5.74, 6) is -3.84. The van der Waals surface area contributed by atoms with Crippen molar-refractivity contribution in [1.82, 2.24) is 0 Å². The van der Waals surface area contributed by atoms with Gasteiger partial charge in [-0.2, -0.15) is 13.2 Å². The third-order valence-corrected chi connectivity index (χ3v) is 4.93. The molecule has 1 amide bonds. The summed E-state index contributed by atoms with van der Waals surface area (Å²) in [6, 6.07) is 2.62. The second-order valence-corrected chi connectivity index (χ2v) is 6.43. The molecule has 0 aromatic heterocycles. The molecule has 3 rings (SSSR count). The van der Waals surface area contributed by atoms with Gasteiger partial charge in [0.05, 0.1) is 28.1 Å². The Balaban J connectivity index is 1.85. The van der Waals surface area contributed by atoms with E-state index < -0.39 is 35.5 Å². The van der Waals surface area contributed by atoms with Crippen LogP contribution in [0, 0.1) is 23.7 Å². The standard InChI is InChI=1S/C16H13ClF3NO3/c17-10-4-3-9(16(18,19)20)6-11(10)21-14(22)12-7-1-2-8(5-7)13(12)15(23)24/h1-4,6-8,12-13H,5H2,(H,21,22)(H,23,24). The third-order valence-electron chi connectivity index (χ3n) is 4.60. The van der Waals surface area contributed by atoms with E-state index in [9.17, 15) is 27.9 Å². The first kappa shape index (κ1) is 16.8. The molecule has 2 N–H and O–H groups in total. The van der Waals surface area contributed by atoms with E-state index in [1.165, 1.54) is 0 Å². The Bertz CT molecular complexity index is 732. The molecule has 2 aliphatic rings. The Morgan fingerprint density at radius 1 is 1.17 bits per heavy atom. The van der Waals surface area contributed by atoms with Crippen LogP contribution >= 0.6 is 11.6 Å². The van der Waals surface area contributed by atoms with E-state index in [4.69, 9.17) is 11.6 Å². The molecule has 1 aromatic carbocycles. The normalized spacial score (nSPS) is 28.2. The maximum atomic E-state index is 12.8. The molecule has 1 aromatic rings. The first-order chi connectivity index (χ1) is 11.2. The predicted octanol–water partition coefficient (Wildman–Crippen LogP) is 3.82. The molecule has 24 heavy (non-hydrogen) atoms. The Morgan fingerprint density at radius 2 is 1.79 bits per heavy atom. The van der Waals surface area contributed by atoms with Crippen LogP contribution in [0.1, 0.15) is 12.0 Å². The number of hydrogen-bond donors (Lipinski definition) is 2. The molecule has 1 saturated carbocycles. The molecule has 0 saturated heterocycles. The first-order valence-electron chi connectivity index (χ1n) is 7.27. The SMILES string of the molecule is O=C(O)C1C2C=CC(C2)C1C(=O)Nc1cc(C(F)(F)F)ccc1Cl. The van der Waals surface area contributed by atoms with Crippen LogP contribution in [-0.2, 0) is 15.8 Å². The van der Waals surface area contributed by atoms with Gasteiger partial charge in [0.25, 0.3) is 0 Å². The second-order valence-electron chi connectivity index (χ2n) is 6.02. The fraction of sp³-hybridized carbons (Fsp3) is 0.375. The third kappa shape index (κ3) is 2.88. The molecule has 0 aliphatic heterocycles. The predicted molar refractivity (Wildman–Crippen MR) is 80.4 cm³/mol. The number of hydrogen-bond acceptors (Lipinski definition) is 2. The zero-order valence-corrected chi connectivity index (χ0v) is 12.9. The van der Waals surface area contributed by atoms with Gasteiger partial charge >= 0.3 is 12.1 Å². The minimum Gasteiger partial charge on any atom is -0.481 e. The summed E-state index contributed by atoms with van der Waals surface area (Å²) in [4.78, 5) is 23.9. The summed E-state index contributed by atoms with van der Waals surface area (Å²) in [6.07, 6.45) is -0.430. The highest BCUT2D eigenvalue weighted by Crippen LogP contribution is 2.48. The molecule has 0 radical (unpaired) electrons. The topological polar surface area (TPSA) is 66.4 Å². The minimum atomic E-state index is -4.57. The van der Waals surface area contributed by atoms with Gasteiger partial charge in [-0.25, -0.2) is 0 Å². The Labute approximate surface area is 140 Å². The Morgan fingerprint density at radius 3 is 2.38 bits per heavy atom. The number of rotatable bonds is 3. The van der Waals surface area contributed by atoms with Crippen molar-refractivity contribution in [2.45, 2.75) is 12.6 Å². The number of nitrogens with one attached hydrogen (secondary N) is 1. The van der Waals surface area contributed by atoms with Crippen molar-refractivity contribution in [2.75, 3.05) is 5.32 Å². The van der Waals surface area contributed by atoms with Crippen LogP contribution in [0.2, 0.25) is 5.02 Å². The molecule has 0 spiro atoms. The molecule has 4 nitrogen and oxygen atoms in total. The number of alkyl halides is 3. The van der Waals surface area contributed by atoms with E-state index in [1.54, 1.807) is 12.2 Å². The van der Waals surface area contributed by atoms with Crippen LogP contribution in [0.15, 0.2) is 30.4 Å². The van der Waals surface area contributed by atoms with Crippen molar-refractivity contribution in [1.29, 1.82) is 0 Å². The average Bonchev–Trinajstić information content (AvgIpc) is 3.08. The maximum absolute atomic E-state index is 12.8. The highest BCUT2D eigenvalue weighted by molar-refractivity contribution is 6.33. The van der Waals surface area contributed by atoms with Crippen LogP contribution in [0.25, 0.3) is 0 Å². The fourth-order valence-corrected chi connectivity index (χ4v) is 3.69. The van der Waals surface area contributed by atoms with Gasteiger partial charge in [0.2, 0.25) is 5.91 Å². The van der Waals surface area contributed by atoms with Gasteiger partial charge in [-0.3, -0.25) is 9.59 Å². The van der Waals surface area contributed by atoms with E-state index >= 15 is 0 Å². The Kier molecular flexibility index (Phi) is 4.07. The molecule has 2 bridgehead atoms. The summed E-state index contributed by atoms with van der Waals surface area (Å²) in [7, 11) is 0. The number of carboxylic acids is 1. The van der Waals surface area contributed by atoms with Gasteiger partial charge in [-0.05, 0) is 36.5 Å². The molecular weight excluding hydrogens is 347 g/mol. The average molecular weight is 360 g/mol. The van der Waals surface area contributed by atoms with Gasteiger partial charge in [-0.1, -0.05) is 23.8 Å². The lowest BCUT2D eigenvalue weighted by molar-refractivity contribution is -0.146. The lowest BCUT2D eigenvalue weighted by Crippen LogP contribution is -2.36. The first-order valence-corrected chi connectivity index (χ1v) is 7.65. The summed E-state index contributed by atoms with van der Waals surface area (Å²) >= 11 is 5.86. The number of amides is 1. The summed E-state index contributed by atoms with van der Waals surface area (Å²) < 4.78 is 38.4. The quantitative estimate of drug-likeness (QED) is 0.806. The maximum Gasteiger partial charge on any atom is 0.416 e. The summed E-state index contributed by atoms with van der Waals surface area (Å²) in [5, 5.41) is 11.7. The largest absolute Gasteiger partial charge is 0.481 e. The number of allylic oxidation sites excluding steroid dienone is 2. The number of aliphatic carboxylic acids is 1. The minimum absolute atomic E-state index is 0.0399. The van der Waals surface area contributed by atoms with E-state index in [0.717, 1.165) is 18.2 Å². The fourth-order valence-electron chi connectivity index (χ4n) is 3.53. The van der Waals surface area contributed by atoms with Gasteiger partial charge in [0.15, 0.2) is 0 Å². The van der Waals surface area contributed by atoms with Crippen molar-refractivity contribution < 1.29 is 27.9 Å². The smallest absolute Gasteiger partial charge is 0.416 e. The molecule has 2 aliphatic carbocycles. The zero-order chi connectivity index (χ0) is 17.6. The van der Waals surface area contributed by atoms with Crippen molar-refractivity contribution in [2.24, 2.45) is 23.7 Å². The summed E-state index contributed by atoms with van der Waals surface area (Å²) in [5.41, 5.74) is -1.11. The lowest BCUT2D eigenvalue weighted by Gasteiger charge is -2.24. The van der Waals surface area contributed by atoms with Crippen LogP contribution in [0.3, 0.4) is 0 Å². The summed E-state index contributed by atoms with van der Waals surface area (Å²) in [6.45, 7) is 0. The van der Waals surface area contributed by atoms with Crippen LogP contribution in [0.4, 0.5) is 18.9 Å². The monoisotopic (exact) mass is 359 g/mol. The van der Waals surface area contributed by atoms with E-state index in [-0.39, 0.29) is 22.5 Å². The highest BCUT2D eigenvalue weighted by atomic mass is 35.5. The molecule has 4 unspecified atom stereocenters. The lowest BCUT2D eigenvalue weighted by atomic mass is 9.82. The van der Waals surface area contributed by atoms with Crippen LogP contribution < -0.4 is 5.32 Å². The van der Waals surface area contributed by atoms with E-state index in [2.05, 4.69) is 5.32 Å². The van der Waals surface area contributed by atoms with E-state index in [1.807, 2.05) is 0 Å². The van der Waals surface area contributed by atoms with Crippen molar-refractivity contribution >= 4 is 29.2 Å². The molecule has 1 fully saturated rings. The van der Waals surface area contributed by atoms with Crippen LogP contribution in [-0.4, -0.2) is 17.0 Å². The molecule has 8 heteroatoms. The zero-order valence-electron chi connectivity index (χ0n) is 12.2. The highest BCUT2D eigenvalue weighted by Gasteiger charge is 2.51. The second kappa shape index (κ2) is 5.81.